The summed E-state index contributed by atoms with van der Waals surface area (Å²) < 4.78 is 30.9. The van der Waals surface area contributed by atoms with Crippen LogP contribution in [-0.2, 0) is 14.8 Å². The molecule has 0 saturated carbocycles. The lowest BCUT2D eigenvalue weighted by molar-refractivity contribution is -0.121. The quantitative estimate of drug-likeness (QED) is 0.445. The summed E-state index contributed by atoms with van der Waals surface area (Å²) in [4.78, 5) is 13.2. The highest BCUT2D eigenvalue weighted by Crippen LogP contribution is 2.29. The van der Waals surface area contributed by atoms with Gasteiger partial charge in [-0.05, 0) is 30.7 Å². The Balaban J connectivity index is 1.79. The number of methoxy groups -OCH3 is 1. The maximum atomic E-state index is 12.2. The van der Waals surface area contributed by atoms with Crippen LogP contribution in [0.4, 0.5) is 5.69 Å². The molecule has 1 N–H and O–H groups in total. The van der Waals surface area contributed by atoms with Gasteiger partial charge in [0, 0.05) is 30.2 Å². The van der Waals surface area contributed by atoms with Crippen LogP contribution in [0.5, 0.6) is 5.75 Å². The lowest BCUT2D eigenvalue weighted by Crippen LogP contribution is -2.32. The van der Waals surface area contributed by atoms with Gasteiger partial charge < -0.3 is 10.1 Å². The molecule has 0 aliphatic carbocycles. The predicted molar refractivity (Wildman–Crippen MR) is 115 cm³/mol. The van der Waals surface area contributed by atoms with Gasteiger partial charge in [-0.25, -0.2) is 8.42 Å². The minimum Gasteiger partial charge on any atom is -0.495 e. The van der Waals surface area contributed by atoms with E-state index in [0.717, 1.165) is 16.9 Å². The fraction of sp³-hybridized carbons (Fsp3) is 0.350. The number of amides is 1. The summed E-state index contributed by atoms with van der Waals surface area (Å²) in [6.07, 6.45) is 1.83. The first-order valence-electron chi connectivity index (χ1n) is 8.97. The van der Waals surface area contributed by atoms with Gasteiger partial charge in [0.2, 0.25) is 15.9 Å². The van der Waals surface area contributed by atoms with Crippen molar-refractivity contribution in [1.82, 2.24) is 5.32 Å². The van der Waals surface area contributed by atoms with Gasteiger partial charge in [-0.3, -0.25) is 9.10 Å². The van der Waals surface area contributed by atoms with E-state index in [-0.39, 0.29) is 18.9 Å². The highest BCUT2D eigenvalue weighted by molar-refractivity contribution is 7.99. The van der Waals surface area contributed by atoms with Crippen molar-refractivity contribution in [2.24, 2.45) is 0 Å². The number of benzene rings is 2. The molecule has 0 fully saturated rings. The number of nitrogens with one attached hydrogen (secondary N) is 1. The molecule has 6 nitrogen and oxygen atoms in total. The Morgan fingerprint density at radius 1 is 1.11 bits per heavy atom. The van der Waals surface area contributed by atoms with Gasteiger partial charge in [0.1, 0.15) is 5.75 Å². The molecule has 0 unspecified atom stereocenters. The average Bonchev–Trinajstić information content (AvgIpc) is 2.68. The highest BCUT2D eigenvalue weighted by atomic mass is 32.2. The molecule has 0 spiro atoms. The zero-order chi connectivity index (χ0) is 20.4. The van der Waals surface area contributed by atoms with E-state index in [2.05, 4.69) is 5.32 Å². The number of para-hydroxylation sites is 2. The first-order chi connectivity index (χ1) is 13.4. The van der Waals surface area contributed by atoms with Crippen LogP contribution in [0.3, 0.4) is 0 Å². The number of thioether (sulfide) groups is 1. The standard InChI is InChI=1S/C20H26N2O4S2/c1-26-19-12-7-6-11-18(19)22(28(2,24)25)15-8-13-20(23)21-14-16-27-17-9-4-3-5-10-17/h3-7,9-12H,8,13-16H2,1-2H3,(H,21,23). The molecule has 152 valence electrons. The normalized spacial score (nSPS) is 11.1. The third kappa shape index (κ3) is 7.09. The van der Waals surface area contributed by atoms with Crippen LogP contribution < -0.4 is 14.4 Å². The van der Waals surface area contributed by atoms with Crippen LogP contribution in [0.15, 0.2) is 59.5 Å². The molecule has 0 radical (unpaired) electrons. The average molecular weight is 423 g/mol. The fourth-order valence-corrected chi connectivity index (χ4v) is 4.41. The van der Waals surface area contributed by atoms with Crippen LogP contribution in [-0.4, -0.2) is 46.5 Å². The number of carbonyl (C=O) groups excluding carboxylic acids is 1. The van der Waals surface area contributed by atoms with Crippen molar-refractivity contribution in [3.63, 3.8) is 0 Å². The van der Waals surface area contributed by atoms with Gasteiger partial charge in [0.05, 0.1) is 19.1 Å². The number of anilines is 1. The maximum Gasteiger partial charge on any atom is 0.232 e. The summed E-state index contributed by atoms with van der Waals surface area (Å²) >= 11 is 1.68. The van der Waals surface area contributed by atoms with Gasteiger partial charge in [-0.15, -0.1) is 11.8 Å². The van der Waals surface area contributed by atoms with Crippen molar-refractivity contribution in [2.75, 3.05) is 36.5 Å². The van der Waals surface area contributed by atoms with Crippen molar-refractivity contribution < 1.29 is 17.9 Å². The number of ether oxygens (including phenoxy) is 1. The largest absolute Gasteiger partial charge is 0.495 e. The minimum atomic E-state index is -3.48. The van der Waals surface area contributed by atoms with Gasteiger partial charge in [0.25, 0.3) is 0 Å². The number of rotatable bonds is 11. The molecule has 0 atom stereocenters. The van der Waals surface area contributed by atoms with E-state index < -0.39 is 10.0 Å². The fourth-order valence-electron chi connectivity index (χ4n) is 2.65. The Hall–Kier alpha value is -2.19. The van der Waals surface area contributed by atoms with Crippen molar-refractivity contribution in [3.8, 4) is 5.75 Å². The summed E-state index contributed by atoms with van der Waals surface area (Å²) in [6.45, 7) is 0.784. The minimum absolute atomic E-state index is 0.0814. The molecular weight excluding hydrogens is 396 g/mol. The molecule has 0 aliphatic rings. The molecule has 0 heterocycles. The molecule has 0 saturated heterocycles. The van der Waals surface area contributed by atoms with Crippen LogP contribution in [0.2, 0.25) is 0 Å². The third-order valence-electron chi connectivity index (χ3n) is 3.96. The summed E-state index contributed by atoms with van der Waals surface area (Å²) in [5.74, 6) is 1.18. The van der Waals surface area contributed by atoms with E-state index in [0.29, 0.717) is 24.4 Å². The lowest BCUT2D eigenvalue weighted by Gasteiger charge is -2.24. The SMILES string of the molecule is COc1ccccc1N(CCCC(=O)NCCSc1ccccc1)S(C)(=O)=O. The molecule has 1 amide bonds. The summed E-state index contributed by atoms with van der Waals surface area (Å²) in [5.41, 5.74) is 0.479. The second kappa shape index (κ2) is 11.0. The van der Waals surface area contributed by atoms with Crippen LogP contribution >= 0.6 is 11.8 Å². The van der Waals surface area contributed by atoms with Crippen molar-refractivity contribution in [2.45, 2.75) is 17.7 Å². The van der Waals surface area contributed by atoms with E-state index in [1.165, 1.54) is 11.4 Å². The molecule has 2 aromatic carbocycles. The Morgan fingerprint density at radius 3 is 2.46 bits per heavy atom. The summed E-state index contributed by atoms with van der Waals surface area (Å²) in [5, 5.41) is 2.88. The topological polar surface area (TPSA) is 75.7 Å². The van der Waals surface area contributed by atoms with Gasteiger partial charge >= 0.3 is 0 Å². The van der Waals surface area contributed by atoms with E-state index in [4.69, 9.17) is 4.74 Å². The number of hydrogen-bond donors (Lipinski definition) is 1. The zero-order valence-corrected chi connectivity index (χ0v) is 17.8. The first-order valence-corrected chi connectivity index (χ1v) is 11.8. The van der Waals surface area contributed by atoms with Gasteiger partial charge in [0.15, 0.2) is 0 Å². The molecule has 2 aromatic rings. The van der Waals surface area contributed by atoms with E-state index in [9.17, 15) is 13.2 Å². The Bertz CT molecular complexity index is 858. The number of sulfonamides is 1. The molecule has 0 bridgehead atoms. The van der Waals surface area contributed by atoms with Crippen LogP contribution in [0.1, 0.15) is 12.8 Å². The van der Waals surface area contributed by atoms with Crippen LogP contribution in [0, 0.1) is 0 Å². The van der Waals surface area contributed by atoms with Crippen molar-refractivity contribution in [3.05, 3.63) is 54.6 Å². The molecular formula is C20H26N2O4S2. The Labute approximate surface area is 171 Å². The number of nitrogens with zero attached hydrogens (tertiary/aromatic N) is 1. The third-order valence-corrected chi connectivity index (χ3v) is 6.15. The second-order valence-electron chi connectivity index (χ2n) is 6.12. The van der Waals surface area contributed by atoms with Crippen molar-refractivity contribution in [1.29, 1.82) is 0 Å². The molecule has 2 rings (SSSR count). The summed E-state index contributed by atoms with van der Waals surface area (Å²) in [6, 6.07) is 16.9. The zero-order valence-electron chi connectivity index (χ0n) is 16.1. The molecule has 0 aliphatic heterocycles. The van der Waals surface area contributed by atoms with Gasteiger partial charge in [-0.1, -0.05) is 30.3 Å². The number of hydrogen-bond acceptors (Lipinski definition) is 5. The predicted octanol–water partition coefficient (Wildman–Crippen LogP) is 3.15. The Kier molecular flexibility index (Phi) is 8.66. The van der Waals surface area contributed by atoms with E-state index in [1.807, 2.05) is 30.3 Å². The molecule has 28 heavy (non-hydrogen) atoms. The number of carbonyl (C=O) groups is 1. The van der Waals surface area contributed by atoms with E-state index in [1.54, 1.807) is 36.0 Å². The van der Waals surface area contributed by atoms with E-state index >= 15 is 0 Å². The smallest absolute Gasteiger partial charge is 0.232 e. The monoisotopic (exact) mass is 422 g/mol. The highest BCUT2D eigenvalue weighted by Gasteiger charge is 2.20. The van der Waals surface area contributed by atoms with Crippen molar-refractivity contribution >= 4 is 33.4 Å². The summed E-state index contributed by atoms with van der Waals surface area (Å²) in [7, 11) is -1.98. The Morgan fingerprint density at radius 2 is 1.79 bits per heavy atom. The molecule has 0 aromatic heterocycles. The maximum absolute atomic E-state index is 12.2. The van der Waals surface area contributed by atoms with Gasteiger partial charge in [-0.2, -0.15) is 0 Å². The molecule has 8 heteroatoms. The first kappa shape index (κ1) is 22.1. The lowest BCUT2D eigenvalue weighted by atomic mass is 10.2. The second-order valence-corrected chi connectivity index (χ2v) is 9.20. The van der Waals surface area contributed by atoms with Crippen LogP contribution in [0.25, 0.3) is 0 Å².